The zero-order valence-corrected chi connectivity index (χ0v) is 11.8. The number of nitrogens with one attached hydrogen (secondary N) is 1. The molecule has 110 valence electrons. The number of nitrogens with two attached hydrogens (primary N) is 2. The molecule has 0 amide bonds. The molecule has 1 aromatic rings. The Morgan fingerprint density at radius 3 is 2.60 bits per heavy atom. The normalized spacial score (nSPS) is 24.3. The van der Waals surface area contributed by atoms with Crippen molar-refractivity contribution < 1.29 is 0 Å². The quantitative estimate of drug-likeness (QED) is 0.691. The summed E-state index contributed by atoms with van der Waals surface area (Å²) in [5.74, 6) is 0. The van der Waals surface area contributed by atoms with Crippen LogP contribution < -0.4 is 16.8 Å². The van der Waals surface area contributed by atoms with E-state index in [0.717, 1.165) is 31.4 Å². The molecule has 1 aromatic carbocycles. The van der Waals surface area contributed by atoms with Crippen molar-refractivity contribution in [1.29, 1.82) is 0 Å². The lowest BCUT2D eigenvalue weighted by Gasteiger charge is -2.30. The van der Waals surface area contributed by atoms with Crippen LogP contribution in [-0.2, 0) is 6.42 Å². The molecule has 0 bridgehead atoms. The molecule has 3 atom stereocenters. The summed E-state index contributed by atoms with van der Waals surface area (Å²) in [5, 5.41) is 6.38. The van der Waals surface area contributed by atoms with Crippen molar-refractivity contribution in [3.8, 4) is 0 Å². The molecule has 1 aliphatic carbocycles. The second-order valence-electron chi connectivity index (χ2n) is 5.68. The molecular formula is C15H24N4O. The molecular weight excluding hydrogens is 252 g/mol. The van der Waals surface area contributed by atoms with E-state index < -0.39 is 0 Å². The lowest BCUT2D eigenvalue weighted by Crippen LogP contribution is -2.50. The highest BCUT2D eigenvalue weighted by molar-refractivity contribution is 5.38. The Morgan fingerprint density at radius 1 is 1.25 bits per heavy atom. The molecule has 0 aliphatic heterocycles. The topological polar surface area (TPSA) is 93.5 Å². The largest absolute Gasteiger partial charge is 0.326 e. The Bertz CT molecular complexity index is 420. The fourth-order valence-electron chi connectivity index (χ4n) is 2.78. The molecule has 0 spiro atoms. The maximum absolute atomic E-state index is 10.4. The van der Waals surface area contributed by atoms with Gasteiger partial charge in [0.15, 0.2) is 0 Å². The van der Waals surface area contributed by atoms with Gasteiger partial charge >= 0.3 is 0 Å². The molecule has 5 nitrogen and oxygen atoms in total. The summed E-state index contributed by atoms with van der Waals surface area (Å²) in [6.45, 7) is 0.770. The average Bonchev–Trinajstić information content (AvgIpc) is 2.47. The van der Waals surface area contributed by atoms with Crippen LogP contribution in [0.3, 0.4) is 0 Å². The molecule has 2 rings (SSSR count). The number of hydrogen-bond acceptors (Lipinski definition) is 5. The highest BCUT2D eigenvalue weighted by Gasteiger charge is 2.21. The Balaban J connectivity index is 1.76. The van der Waals surface area contributed by atoms with Gasteiger partial charge in [-0.2, -0.15) is 0 Å². The van der Waals surface area contributed by atoms with Gasteiger partial charge in [0.2, 0.25) is 0 Å². The lowest BCUT2D eigenvalue weighted by molar-refractivity contribution is 0.321. The molecule has 1 aliphatic rings. The molecule has 0 saturated heterocycles. The maximum atomic E-state index is 10.4. The molecule has 0 heterocycles. The van der Waals surface area contributed by atoms with E-state index in [1.807, 2.05) is 12.1 Å². The van der Waals surface area contributed by atoms with Crippen LogP contribution in [0.15, 0.2) is 29.4 Å². The summed E-state index contributed by atoms with van der Waals surface area (Å²) >= 11 is 0. The van der Waals surface area contributed by atoms with Gasteiger partial charge in [-0.05, 0) is 42.1 Å². The standard InChI is InChI=1S/C15H24N4O/c16-12(9-11-5-7-13(19-20)8-6-11)10-18-15-4-2-1-3-14(15)17/h5-8,12,14-15,18H,1-4,9-10,16-17H2/t12-,14+,15+/m1/s1. The van der Waals surface area contributed by atoms with Crippen LogP contribution in [-0.4, -0.2) is 24.7 Å². The van der Waals surface area contributed by atoms with Gasteiger partial charge in [-0.15, -0.1) is 4.91 Å². The van der Waals surface area contributed by atoms with Crippen LogP contribution in [0.2, 0.25) is 0 Å². The zero-order valence-electron chi connectivity index (χ0n) is 11.8. The zero-order chi connectivity index (χ0) is 14.4. The summed E-state index contributed by atoms with van der Waals surface area (Å²) in [6, 6.07) is 7.97. The van der Waals surface area contributed by atoms with Gasteiger partial charge in [0.05, 0.1) is 0 Å². The van der Waals surface area contributed by atoms with E-state index >= 15 is 0 Å². The second-order valence-corrected chi connectivity index (χ2v) is 5.68. The fraction of sp³-hybridized carbons (Fsp3) is 0.600. The van der Waals surface area contributed by atoms with Gasteiger partial charge in [0.1, 0.15) is 5.69 Å². The molecule has 0 unspecified atom stereocenters. The van der Waals surface area contributed by atoms with E-state index in [0.29, 0.717) is 11.7 Å². The Morgan fingerprint density at radius 2 is 1.95 bits per heavy atom. The SMILES string of the molecule is N[C@@H](CN[C@H]1CCCC[C@@H]1N)Cc1ccc(N=O)cc1. The second kappa shape index (κ2) is 7.47. The number of hydrogen-bond donors (Lipinski definition) is 3. The Kier molecular flexibility index (Phi) is 5.64. The molecule has 1 saturated carbocycles. The third-order valence-corrected chi connectivity index (χ3v) is 4.00. The summed E-state index contributed by atoms with van der Waals surface area (Å²) in [5.41, 5.74) is 13.8. The van der Waals surface area contributed by atoms with Crippen molar-refractivity contribution in [3.63, 3.8) is 0 Å². The average molecular weight is 276 g/mol. The van der Waals surface area contributed by atoms with Crippen LogP contribution >= 0.6 is 0 Å². The van der Waals surface area contributed by atoms with E-state index in [1.54, 1.807) is 12.1 Å². The minimum atomic E-state index is 0.0548. The summed E-state index contributed by atoms with van der Waals surface area (Å²) < 4.78 is 0. The minimum Gasteiger partial charge on any atom is -0.326 e. The Labute approximate surface area is 120 Å². The number of rotatable bonds is 6. The number of nitrogens with zero attached hydrogens (tertiary/aromatic N) is 1. The van der Waals surface area contributed by atoms with Gasteiger partial charge in [-0.1, -0.05) is 25.0 Å². The van der Waals surface area contributed by atoms with Gasteiger partial charge < -0.3 is 16.8 Å². The van der Waals surface area contributed by atoms with E-state index in [4.69, 9.17) is 11.5 Å². The first-order chi connectivity index (χ1) is 9.69. The maximum Gasteiger partial charge on any atom is 0.108 e. The summed E-state index contributed by atoms with van der Waals surface area (Å²) in [6.07, 6.45) is 5.53. The lowest BCUT2D eigenvalue weighted by atomic mass is 9.91. The van der Waals surface area contributed by atoms with Crippen molar-refractivity contribution in [3.05, 3.63) is 34.7 Å². The van der Waals surface area contributed by atoms with Crippen LogP contribution in [0.1, 0.15) is 31.2 Å². The Hall–Kier alpha value is -1.30. The van der Waals surface area contributed by atoms with Crippen LogP contribution in [0, 0.1) is 4.91 Å². The van der Waals surface area contributed by atoms with Gasteiger partial charge in [0.25, 0.3) is 0 Å². The van der Waals surface area contributed by atoms with Crippen molar-refractivity contribution in [1.82, 2.24) is 5.32 Å². The van der Waals surface area contributed by atoms with Crippen molar-refractivity contribution in [2.45, 2.75) is 50.2 Å². The third-order valence-electron chi connectivity index (χ3n) is 4.00. The number of nitroso groups, excluding NO2 is 1. The van der Waals surface area contributed by atoms with E-state index in [2.05, 4.69) is 10.5 Å². The predicted molar refractivity (Wildman–Crippen MR) is 81.8 cm³/mol. The van der Waals surface area contributed by atoms with E-state index in [1.165, 1.54) is 12.8 Å². The summed E-state index contributed by atoms with van der Waals surface area (Å²) in [4.78, 5) is 10.4. The number of benzene rings is 1. The van der Waals surface area contributed by atoms with Crippen LogP contribution in [0.5, 0.6) is 0 Å². The van der Waals surface area contributed by atoms with Gasteiger partial charge in [-0.3, -0.25) is 0 Å². The molecule has 5 heteroatoms. The van der Waals surface area contributed by atoms with E-state index in [9.17, 15) is 4.91 Å². The molecule has 20 heavy (non-hydrogen) atoms. The van der Waals surface area contributed by atoms with Crippen molar-refractivity contribution >= 4 is 5.69 Å². The first-order valence-corrected chi connectivity index (χ1v) is 7.36. The summed E-state index contributed by atoms with van der Waals surface area (Å²) in [7, 11) is 0. The minimum absolute atomic E-state index is 0.0548. The van der Waals surface area contributed by atoms with E-state index in [-0.39, 0.29) is 12.1 Å². The molecule has 1 fully saturated rings. The van der Waals surface area contributed by atoms with Crippen LogP contribution in [0.4, 0.5) is 5.69 Å². The first kappa shape index (κ1) is 15.1. The van der Waals surface area contributed by atoms with Crippen molar-refractivity contribution in [2.24, 2.45) is 16.6 Å². The van der Waals surface area contributed by atoms with Crippen LogP contribution in [0.25, 0.3) is 0 Å². The van der Waals surface area contributed by atoms with Gasteiger partial charge in [-0.25, -0.2) is 0 Å². The molecule has 0 radical (unpaired) electrons. The smallest absolute Gasteiger partial charge is 0.108 e. The monoisotopic (exact) mass is 276 g/mol. The molecule has 0 aromatic heterocycles. The fourth-order valence-corrected chi connectivity index (χ4v) is 2.78. The van der Waals surface area contributed by atoms with Crippen molar-refractivity contribution in [2.75, 3.05) is 6.54 Å². The highest BCUT2D eigenvalue weighted by Crippen LogP contribution is 2.17. The third kappa shape index (κ3) is 4.37. The molecule has 5 N–H and O–H groups in total. The predicted octanol–water partition coefficient (Wildman–Crippen LogP) is 1.81. The van der Waals surface area contributed by atoms with Gasteiger partial charge in [0, 0.05) is 24.7 Å². The first-order valence-electron chi connectivity index (χ1n) is 7.36. The highest BCUT2D eigenvalue weighted by atomic mass is 16.3.